The number of aliphatic carboxylic acids is 1. The van der Waals surface area contributed by atoms with Crippen molar-refractivity contribution >= 4 is 45.5 Å². The minimum Gasteiger partial charge on any atom is -0.480 e. The maximum atomic E-state index is 13.5. The van der Waals surface area contributed by atoms with E-state index >= 15 is 0 Å². The summed E-state index contributed by atoms with van der Waals surface area (Å²) in [7, 11) is 0. The molecular formula is C29H34N6O5. The summed E-state index contributed by atoms with van der Waals surface area (Å²) in [6.45, 7) is 2.89. The van der Waals surface area contributed by atoms with E-state index in [0.29, 0.717) is 0 Å². The topological polar surface area (TPSA) is 182 Å². The zero-order chi connectivity index (χ0) is 28.8. The van der Waals surface area contributed by atoms with Crippen molar-refractivity contribution < 1.29 is 24.3 Å². The van der Waals surface area contributed by atoms with E-state index in [1.54, 1.807) is 20.0 Å². The van der Waals surface area contributed by atoms with Crippen molar-refractivity contribution in [2.24, 2.45) is 11.7 Å². The van der Waals surface area contributed by atoms with Crippen LogP contribution in [-0.4, -0.2) is 63.4 Å². The summed E-state index contributed by atoms with van der Waals surface area (Å²) in [6.07, 6.45) is 3.99. The fourth-order valence-corrected chi connectivity index (χ4v) is 4.70. The molecule has 3 atom stereocenters. The van der Waals surface area contributed by atoms with Gasteiger partial charge < -0.3 is 36.8 Å². The summed E-state index contributed by atoms with van der Waals surface area (Å²) in [5, 5.41) is 18.6. The molecule has 11 heteroatoms. The monoisotopic (exact) mass is 546 g/mol. The van der Waals surface area contributed by atoms with Crippen LogP contribution in [0, 0.1) is 5.92 Å². The number of H-pyrrole nitrogens is 2. The first kappa shape index (κ1) is 28.4. The maximum Gasteiger partial charge on any atom is 0.322 e. The lowest BCUT2D eigenvalue weighted by atomic mass is 10.00. The average Bonchev–Trinajstić information content (AvgIpc) is 3.53. The molecule has 210 valence electrons. The van der Waals surface area contributed by atoms with Crippen LogP contribution in [0.2, 0.25) is 0 Å². The highest BCUT2D eigenvalue weighted by molar-refractivity contribution is 5.95. The summed E-state index contributed by atoms with van der Waals surface area (Å²) >= 11 is 0. The lowest BCUT2D eigenvalue weighted by Gasteiger charge is -2.26. The molecule has 2 aromatic heterocycles. The first-order chi connectivity index (χ1) is 19.1. The third-order valence-electron chi connectivity index (χ3n) is 6.84. The lowest BCUT2D eigenvalue weighted by molar-refractivity contribution is -0.139. The van der Waals surface area contributed by atoms with Gasteiger partial charge in [-0.15, -0.1) is 0 Å². The Labute approximate surface area is 230 Å². The summed E-state index contributed by atoms with van der Waals surface area (Å²) < 4.78 is 0. The molecule has 0 radical (unpaired) electrons. The van der Waals surface area contributed by atoms with E-state index in [0.717, 1.165) is 32.9 Å². The van der Waals surface area contributed by atoms with Crippen LogP contribution in [0.4, 0.5) is 0 Å². The van der Waals surface area contributed by atoms with E-state index in [1.165, 1.54) is 0 Å². The molecule has 3 amide bonds. The van der Waals surface area contributed by atoms with Gasteiger partial charge in [-0.2, -0.15) is 0 Å². The Morgan fingerprint density at radius 3 is 1.90 bits per heavy atom. The highest BCUT2D eigenvalue weighted by Gasteiger charge is 2.30. The lowest BCUT2D eigenvalue weighted by Crippen LogP contribution is -2.58. The second kappa shape index (κ2) is 12.5. The van der Waals surface area contributed by atoms with Crippen molar-refractivity contribution in [1.29, 1.82) is 0 Å². The number of nitrogens with two attached hydrogens (primary N) is 1. The Hall–Kier alpha value is -4.64. The van der Waals surface area contributed by atoms with Crippen LogP contribution in [0.1, 0.15) is 25.0 Å². The third-order valence-corrected chi connectivity index (χ3v) is 6.84. The van der Waals surface area contributed by atoms with Crippen LogP contribution in [0.25, 0.3) is 21.8 Å². The molecule has 11 nitrogen and oxygen atoms in total. The maximum absolute atomic E-state index is 13.5. The molecule has 2 aromatic carbocycles. The number of aromatic nitrogens is 2. The minimum atomic E-state index is -1.20. The number of carbonyl (C=O) groups excluding carboxylic acids is 3. The molecule has 0 spiro atoms. The number of hydrogen-bond donors (Lipinski definition) is 7. The molecule has 0 aliphatic carbocycles. The first-order valence-electron chi connectivity index (χ1n) is 13.1. The van der Waals surface area contributed by atoms with Crippen molar-refractivity contribution in [3.8, 4) is 0 Å². The number of aromatic amines is 2. The first-order valence-corrected chi connectivity index (χ1v) is 13.1. The second-order valence-electron chi connectivity index (χ2n) is 10.1. The summed E-state index contributed by atoms with van der Waals surface area (Å²) in [5.74, 6) is -3.26. The molecule has 4 aromatic rings. The highest BCUT2D eigenvalue weighted by atomic mass is 16.4. The molecule has 0 saturated carbocycles. The van der Waals surface area contributed by atoms with Gasteiger partial charge in [0, 0.05) is 40.6 Å². The molecule has 0 bridgehead atoms. The fraction of sp³-hybridized carbons (Fsp3) is 0.310. The van der Waals surface area contributed by atoms with Gasteiger partial charge in [-0.05, 0) is 35.6 Å². The zero-order valence-corrected chi connectivity index (χ0v) is 22.4. The Morgan fingerprint density at radius 2 is 1.35 bits per heavy atom. The largest absolute Gasteiger partial charge is 0.480 e. The van der Waals surface area contributed by atoms with Crippen LogP contribution in [0.15, 0.2) is 60.9 Å². The van der Waals surface area contributed by atoms with E-state index in [2.05, 4.69) is 25.9 Å². The second-order valence-corrected chi connectivity index (χ2v) is 10.1. The van der Waals surface area contributed by atoms with Crippen LogP contribution in [0.5, 0.6) is 0 Å². The van der Waals surface area contributed by atoms with Crippen molar-refractivity contribution in [2.75, 3.05) is 6.54 Å². The smallest absolute Gasteiger partial charge is 0.322 e. The Balaban J connectivity index is 1.53. The third kappa shape index (κ3) is 6.67. The standard InChI is InChI=1S/C29H34N6O5/c1-16(2)26(29(40)33-15-25(36)37)35-28(39)24(12-18-14-32-23-10-6-4-8-20(18)23)34-27(38)21(30)11-17-13-31-22-9-5-3-7-19(17)22/h3-10,13-14,16,21,24,26,31-32H,11-12,15,30H2,1-2H3,(H,33,40)(H,34,38)(H,35,39)(H,36,37). The van der Waals surface area contributed by atoms with Crippen LogP contribution in [0.3, 0.4) is 0 Å². The number of hydrogen-bond acceptors (Lipinski definition) is 5. The van der Waals surface area contributed by atoms with Crippen molar-refractivity contribution in [2.45, 2.75) is 44.8 Å². The molecule has 0 saturated heterocycles. The molecule has 2 heterocycles. The van der Waals surface area contributed by atoms with Crippen LogP contribution < -0.4 is 21.7 Å². The molecule has 0 fully saturated rings. The number of amides is 3. The van der Waals surface area contributed by atoms with Gasteiger partial charge >= 0.3 is 5.97 Å². The van der Waals surface area contributed by atoms with Gasteiger partial charge in [0.2, 0.25) is 17.7 Å². The van der Waals surface area contributed by atoms with Crippen molar-refractivity contribution in [3.63, 3.8) is 0 Å². The quantitative estimate of drug-likeness (QED) is 0.142. The number of carboxylic acids is 1. The van der Waals surface area contributed by atoms with Gasteiger partial charge in [-0.25, -0.2) is 0 Å². The molecule has 8 N–H and O–H groups in total. The molecule has 40 heavy (non-hydrogen) atoms. The van der Waals surface area contributed by atoms with Gasteiger partial charge in [0.05, 0.1) is 6.04 Å². The van der Waals surface area contributed by atoms with Gasteiger partial charge in [-0.3, -0.25) is 19.2 Å². The normalized spacial score (nSPS) is 13.6. The number of carboxylic acid groups (broad SMARTS) is 1. The summed E-state index contributed by atoms with van der Waals surface area (Å²) in [5.41, 5.74) is 9.79. The molecule has 3 unspecified atom stereocenters. The van der Waals surface area contributed by atoms with E-state index in [1.807, 2.05) is 54.7 Å². The number of para-hydroxylation sites is 2. The SMILES string of the molecule is CC(C)C(NC(=O)C(Cc1c[nH]c2ccccc12)NC(=O)C(N)Cc1c[nH]c2ccccc12)C(=O)NCC(=O)O. The molecule has 0 aliphatic rings. The Bertz CT molecular complexity index is 1520. The highest BCUT2D eigenvalue weighted by Crippen LogP contribution is 2.21. The average molecular weight is 547 g/mol. The minimum absolute atomic E-state index is 0.142. The fourth-order valence-electron chi connectivity index (χ4n) is 4.70. The van der Waals surface area contributed by atoms with E-state index in [9.17, 15) is 19.2 Å². The van der Waals surface area contributed by atoms with Gasteiger partial charge in [-0.1, -0.05) is 50.2 Å². The number of nitrogens with one attached hydrogen (secondary N) is 5. The summed E-state index contributed by atoms with van der Waals surface area (Å²) in [4.78, 5) is 56.7. The van der Waals surface area contributed by atoms with Crippen LogP contribution in [-0.2, 0) is 32.0 Å². The van der Waals surface area contributed by atoms with Crippen molar-refractivity contribution in [3.05, 3.63) is 72.1 Å². The number of benzene rings is 2. The number of rotatable bonds is 12. The predicted octanol–water partition coefficient (Wildman–Crippen LogP) is 1.59. The molecular weight excluding hydrogens is 512 g/mol. The van der Waals surface area contributed by atoms with Gasteiger partial charge in [0.25, 0.3) is 0 Å². The van der Waals surface area contributed by atoms with E-state index in [4.69, 9.17) is 10.8 Å². The Morgan fingerprint density at radius 1 is 0.800 bits per heavy atom. The number of fused-ring (bicyclic) bond motifs is 2. The van der Waals surface area contributed by atoms with E-state index in [-0.39, 0.29) is 18.8 Å². The zero-order valence-electron chi connectivity index (χ0n) is 22.4. The van der Waals surface area contributed by atoms with Crippen LogP contribution >= 0.6 is 0 Å². The number of carbonyl (C=O) groups is 4. The molecule has 4 rings (SSSR count). The van der Waals surface area contributed by atoms with Crippen molar-refractivity contribution in [1.82, 2.24) is 25.9 Å². The summed E-state index contributed by atoms with van der Waals surface area (Å²) in [6, 6.07) is 12.3. The predicted molar refractivity (Wildman–Crippen MR) is 151 cm³/mol. The van der Waals surface area contributed by atoms with Gasteiger partial charge in [0.1, 0.15) is 18.6 Å². The van der Waals surface area contributed by atoms with Gasteiger partial charge in [0.15, 0.2) is 0 Å². The molecule has 0 aliphatic heterocycles. The van der Waals surface area contributed by atoms with E-state index < -0.39 is 48.4 Å². The Kier molecular flexibility index (Phi) is 8.85.